The number of primary amides is 1. The minimum atomic E-state index is -0.431. The van der Waals surface area contributed by atoms with Crippen molar-refractivity contribution in [1.82, 2.24) is 0 Å². The largest absolute Gasteiger partial charge is 0.508 e. The van der Waals surface area contributed by atoms with Crippen LogP contribution in [0.3, 0.4) is 0 Å². The maximum Gasteiger partial charge on any atom is 0.248 e. The van der Waals surface area contributed by atoms with Crippen molar-refractivity contribution in [2.24, 2.45) is 5.73 Å². The van der Waals surface area contributed by atoms with E-state index in [1.165, 1.54) is 0 Å². The summed E-state index contributed by atoms with van der Waals surface area (Å²) in [6.45, 7) is 4.00. The molecule has 0 fully saturated rings. The summed E-state index contributed by atoms with van der Waals surface area (Å²) < 4.78 is 0. The first kappa shape index (κ1) is 17.3. The van der Waals surface area contributed by atoms with E-state index in [0.717, 1.165) is 0 Å². The third-order valence-electron chi connectivity index (χ3n) is 2.09. The maximum atomic E-state index is 10.5. The molecule has 0 aromatic heterocycles. The number of carbonyl (C=O) groups excluding carboxylic acids is 1. The van der Waals surface area contributed by atoms with Gasteiger partial charge in [0.1, 0.15) is 5.75 Å². The van der Waals surface area contributed by atoms with E-state index in [1.807, 2.05) is 13.8 Å². The zero-order valence-corrected chi connectivity index (χ0v) is 11.7. The molecule has 0 aliphatic carbocycles. The first-order valence-corrected chi connectivity index (χ1v) is 6.19. The van der Waals surface area contributed by atoms with E-state index in [9.17, 15) is 4.79 Å². The molecule has 2 rings (SSSR count). The van der Waals surface area contributed by atoms with E-state index in [2.05, 4.69) is 0 Å². The lowest BCUT2D eigenvalue weighted by Crippen LogP contribution is -2.10. The van der Waals surface area contributed by atoms with Gasteiger partial charge in [-0.25, -0.2) is 0 Å². The van der Waals surface area contributed by atoms with Crippen molar-refractivity contribution in [3.05, 3.63) is 54.1 Å². The monoisotopic (exact) mass is 275 g/mol. The number of hydrogen-bond acceptors (Lipinski definition) is 4. The van der Waals surface area contributed by atoms with Gasteiger partial charge in [-0.1, -0.05) is 13.8 Å². The number of benzene rings is 2. The van der Waals surface area contributed by atoms with Crippen LogP contribution < -0.4 is 17.2 Å². The Bertz CT molecular complexity index is 487. The normalized spacial score (nSPS) is 8.50. The highest BCUT2D eigenvalue weighted by molar-refractivity contribution is 5.92. The van der Waals surface area contributed by atoms with Crippen molar-refractivity contribution in [1.29, 1.82) is 0 Å². The highest BCUT2D eigenvalue weighted by Crippen LogP contribution is 2.09. The number of hydrogen-bond donors (Lipinski definition) is 4. The Kier molecular flexibility index (Phi) is 8.02. The summed E-state index contributed by atoms with van der Waals surface area (Å²) in [4.78, 5) is 10.5. The lowest BCUT2D eigenvalue weighted by molar-refractivity contribution is 0.100. The molecule has 0 saturated carbocycles. The van der Waals surface area contributed by atoms with Gasteiger partial charge in [0, 0.05) is 16.9 Å². The van der Waals surface area contributed by atoms with Gasteiger partial charge in [0.25, 0.3) is 0 Å². The Morgan fingerprint density at radius 3 is 1.50 bits per heavy atom. The minimum Gasteiger partial charge on any atom is -0.508 e. The zero-order valence-electron chi connectivity index (χ0n) is 11.7. The molecule has 0 spiro atoms. The van der Waals surface area contributed by atoms with Gasteiger partial charge in [-0.3, -0.25) is 4.79 Å². The highest BCUT2D eigenvalue weighted by atomic mass is 16.3. The van der Waals surface area contributed by atoms with Crippen molar-refractivity contribution < 1.29 is 9.90 Å². The lowest BCUT2D eigenvalue weighted by Gasteiger charge is -1.93. The summed E-state index contributed by atoms with van der Waals surface area (Å²) in [6, 6.07) is 12.9. The predicted molar refractivity (Wildman–Crippen MR) is 83.2 cm³/mol. The van der Waals surface area contributed by atoms with Gasteiger partial charge < -0.3 is 22.3 Å². The van der Waals surface area contributed by atoms with Crippen molar-refractivity contribution in [3.63, 3.8) is 0 Å². The van der Waals surface area contributed by atoms with Crippen LogP contribution in [0.15, 0.2) is 48.5 Å². The molecule has 0 unspecified atom stereocenters. The Balaban J connectivity index is 0.000000327. The summed E-state index contributed by atoms with van der Waals surface area (Å²) in [5.74, 6) is -0.181. The Hall–Kier alpha value is -2.69. The van der Waals surface area contributed by atoms with Gasteiger partial charge >= 0.3 is 0 Å². The van der Waals surface area contributed by atoms with Crippen LogP contribution in [0.1, 0.15) is 24.2 Å². The van der Waals surface area contributed by atoms with Gasteiger partial charge in [-0.05, 0) is 48.5 Å². The summed E-state index contributed by atoms with van der Waals surface area (Å²) in [7, 11) is 0. The second kappa shape index (κ2) is 9.27. The summed E-state index contributed by atoms with van der Waals surface area (Å²) >= 11 is 0. The molecule has 0 bridgehead atoms. The summed E-state index contributed by atoms with van der Waals surface area (Å²) in [5, 5.41) is 8.70. The molecule has 0 aliphatic rings. The SMILES string of the molecule is CC.NC(=O)c1ccc(N)cc1.Nc1ccc(O)cc1. The van der Waals surface area contributed by atoms with Gasteiger partial charge in [0.2, 0.25) is 5.91 Å². The van der Waals surface area contributed by atoms with Crippen LogP contribution in [-0.2, 0) is 0 Å². The second-order valence-electron chi connectivity index (χ2n) is 3.58. The molecule has 0 aliphatic heterocycles. The fraction of sp³-hybridized carbons (Fsp3) is 0.133. The Morgan fingerprint density at radius 1 is 0.850 bits per heavy atom. The van der Waals surface area contributed by atoms with E-state index in [1.54, 1.807) is 48.5 Å². The number of amides is 1. The summed E-state index contributed by atoms with van der Waals surface area (Å²) in [6.07, 6.45) is 0. The number of aromatic hydroxyl groups is 1. The Morgan fingerprint density at radius 2 is 1.20 bits per heavy atom. The quantitative estimate of drug-likeness (QED) is 0.472. The predicted octanol–water partition coefficient (Wildman–Crippen LogP) is 2.37. The zero-order chi connectivity index (χ0) is 15.5. The molecule has 2 aromatic rings. The number of phenols is 1. The van der Waals surface area contributed by atoms with Gasteiger partial charge in [-0.15, -0.1) is 0 Å². The molecule has 1 amide bonds. The van der Waals surface area contributed by atoms with E-state index >= 15 is 0 Å². The molecule has 7 N–H and O–H groups in total. The number of nitrogens with two attached hydrogens (primary N) is 3. The second-order valence-corrected chi connectivity index (χ2v) is 3.58. The number of rotatable bonds is 1. The molecule has 0 saturated heterocycles. The molecule has 0 heterocycles. The molecule has 0 atom stereocenters. The molecular weight excluding hydrogens is 254 g/mol. The first-order chi connectivity index (χ1) is 9.49. The van der Waals surface area contributed by atoms with Crippen molar-refractivity contribution in [2.45, 2.75) is 13.8 Å². The number of anilines is 2. The van der Waals surface area contributed by atoms with Crippen LogP contribution in [-0.4, -0.2) is 11.0 Å². The van der Waals surface area contributed by atoms with Crippen LogP contribution in [0.25, 0.3) is 0 Å². The smallest absolute Gasteiger partial charge is 0.248 e. The van der Waals surface area contributed by atoms with E-state index in [0.29, 0.717) is 16.9 Å². The van der Waals surface area contributed by atoms with E-state index < -0.39 is 5.91 Å². The molecule has 5 heteroatoms. The van der Waals surface area contributed by atoms with E-state index in [-0.39, 0.29) is 5.75 Å². The first-order valence-electron chi connectivity index (χ1n) is 6.19. The molecule has 108 valence electrons. The average Bonchev–Trinajstić information content (AvgIpc) is 2.45. The van der Waals surface area contributed by atoms with Crippen LogP contribution in [0.2, 0.25) is 0 Å². The van der Waals surface area contributed by atoms with Gasteiger partial charge in [0.05, 0.1) is 0 Å². The van der Waals surface area contributed by atoms with Crippen molar-refractivity contribution in [3.8, 4) is 5.75 Å². The lowest BCUT2D eigenvalue weighted by atomic mass is 10.2. The van der Waals surface area contributed by atoms with E-state index in [4.69, 9.17) is 22.3 Å². The molecule has 5 nitrogen and oxygen atoms in total. The fourth-order valence-electron chi connectivity index (χ4n) is 1.12. The third-order valence-corrected chi connectivity index (χ3v) is 2.09. The third kappa shape index (κ3) is 6.90. The average molecular weight is 275 g/mol. The highest BCUT2D eigenvalue weighted by Gasteiger charge is 1.96. The maximum absolute atomic E-state index is 10.5. The molecule has 20 heavy (non-hydrogen) atoms. The van der Waals surface area contributed by atoms with Crippen LogP contribution in [0.5, 0.6) is 5.75 Å². The number of nitrogen functional groups attached to an aromatic ring is 2. The van der Waals surface area contributed by atoms with Gasteiger partial charge in [0.15, 0.2) is 0 Å². The minimum absolute atomic E-state index is 0.249. The van der Waals surface area contributed by atoms with Crippen molar-refractivity contribution >= 4 is 17.3 Å². The molecular formula is C15H21N3O2. The fourth-order valence-corrected chi connectivity index (χ4v) is 1.12. The number of phenolic OH excluding ortho intramolecular Hbond substituents is 1. The topological polar surface area (TPSA) is 115 Å². The molecule has 2 aromatic carbocycles. The van der Waals surface area contributed by atoms with Crippen LogP contribution in [0, 0.1) is 0 Å². The molecule has 0 radical (unpaired) electrons. The number of carbonyl (C=O) groups is 1. The standard InChI is InChI=1S/C7H8N2O.C6H7NO.C2H6/c8-6-3-1-5(2-4-6)7(9)10;7-5-1-3-6(8)4-2-5;1-2/h1-4H,8H2,(H2,9,10);1-4,8H,7H2;1-2H3. The Labute approximate surface area is 119 Å². The van der Waals surface area contributed by atoms with Crippen LogP contribution >= 0.6 is 0 Å². The van der Waals surface area contributed by atoms with Gasteiger partial charge in [-0.2, -0.15) is 0 Å². The van der Waals surface area contributed by atoms with Crippen molar-refractivity contribution in [2.75, 3.05) is 11.5 Å². The van der Waals surface area contributed by atoms with Crippen LogP contribution in [0.4, 0.5) is 11.4 Å². The summed E-state index contributed by atoms with van der Waals surface area (Å²) in [5.41, 5.74) is 17.5.